The first-order valence-electron chi connectivity index (χ1n) is 5.72. The van der Waals surface area contributed by atoms with Gasteiger partial charge in [-0.3, -0.25) is 4.79 Å². The third-order valence-corrected chi connectivity index (χ3v) is 3.75. The van der Waals surface area contributed by atoms with Gasteiger partial charge in [-0.1, -0.05) is 27.7 Å². The van der Waals surface area contributed by atoms with Crippen molar-refractivity contribution in [3.05, 3.63) is 0 Å². The quantitative estimate of drug-likeness (QED) is 0.805. The van der Waals surface area contributed by atoms with Gasteiger partial charge in [-0.05, 0) is 11.8 Å². The van der Waals surface area contributed by atoms with Crippen molar-refractivity contribution >= 4 is 5.97 Å². The fourth-order valence-electron chi connectivity index (χ4n) is 1.83. The molecule has 0 radical (unpaired) electrons. The van der Waals surface area contributed by atoms with Crippen molar-refractivity contribution in [2.75, 3.05) is 13.2 Å². The van der Waals surface area contributed by atoms with E-state index in [-0.39, 0.29) is 23.5 Å². The number of hydrogen-bond acceptors (Lipinski definition) is 3. The number of carbonyl (C=O) groups is 1. The van der Waals surface area contributed by atoms with Gasteiger partial charge in [-0.25, -0.2) is 0 Å². The second kappa shape index (κ2) is 4.72. The first-order valence-corrected chi connectivity index (χ1v) is 5.72. The fourth-order valence-corrected chi connectivity index (χ4v) is 1.83. The third kappa shape index (κ3) is 2.74. The molecule has 0 bridgehead atoms. The zero-order valence-corrected chi connectivity index (χ0v) is 10.6. The number of ether oxygens (including phenoxy) is 2. The lowest BCUT2D eigenvalue weighted by atomic mass is 9.65. The Morgan fingerprint density at radius 2 is 1.75 bits per heavy atom. The van der Waals surface area contributed by atoms with Gasteiger partial charge in [0.25, 0.3) is 0 Å². The highest BCUT2D eigenvalue weighted by Crippen LogP contribution is 2.45. The summed E-state index contributed by atoms with van der Waals surface area (Å²) in [4.78, 5) is 10.9. The molecule has 0 atom stereocenters. The standard InChI is InChI=1S/C12H22O4/c1-11(2,8-9(13)14)12(3,4)10-15-6-5-7-16-10/h10H,5-8H2,1-4H3,(H,13,14). The van der Waals surface area contributed by atoms with Crippen molar-refractivity contribution < 1.29 is 19.4 Å². The van der Waals surface area contributed by atoms with E-state index < -0.39 is 5.97 Å². The lowest BCUT2D eigenvalue weighted by molar-refractivity contribution is -0.252. The average molecular weight is 230 g/mol. The number of rotatable bonds is 4. The topological polar surface area (TPSA) is 55.8 Å². The monoisotopic (exact) mass is 230 g/mol. The van der Waals surface area contributed by atoms with Crippen LogP contribution in [-0.2, 0) is 14.3 Å². The molecule has 4 nitrogen and oxygen atoms in total. The molecule has 1 aliphatic heterocycles. The van der Waals surface area contributed by atoms with Crippen LogP contribution in [-0.4, -0.2) is 30.6 Å². The van der Waals surface area contributed by atoms with Crippen LogP contribution in [0.5, 0.6) is 0 Å². The van der Waals surface area contributed by atoms with Crippen LogP contribution >= 0.6 is 0 Å². The van der Waals surface area contributed by atoms with Crippen LogP contribution in [0.4, 0.5) is 0 Å². The summed E-state index contributed by atoms with van der Waals surface area (Å²) in [6, 6.07) is 0. The van der Waals surface area contributed by atoms with Crippen molar-refractivity contribution in [1.82, 2.24) is 0 Å². The van der Waals surface area contributed by atoms with Crippen molar-refractivity contribution in [2.45, 2.75) is 46.8 Å². The summed E-state index contributed by atoms with van der Waals surface area (Å²) >= 11 is 0. The van der Waals surface area contributed by atoms with Gasteiger partial charge in [0.1, 0.15) is 0 Å². The molecule has 0 aromatic carbocycles. The van der Waals surface area contributed by atoms with E-state index >= 15 is 0 Å². The lowest BCUT2D eigenvalue weighted by Crippen LogP contribution is -2.48. The van der Waals surface area contributed by atoms with Crippen LogP contribution in [0, 0.1) is 10.8 Å². The van der Waals surface area contributed by atoms with Gasteiger partial charge in [0.15, 0.2) is 6.29 Å². The third-order valence-electron chi connectivity index (χ3n) is 3.75. The Balaban J connectivity index is 2.76. The maximum atomic E-state index is 10.9. The Bertz CT molecular complexity index is 252. The predicted molar refractivity (Wildman–Crippen MR) is 60.1 cm³/mol. The molecule has 0 unspecified atom stereocenters. The van der Waals surface area contributed by atoms with E-state index in [1.165, 1.54) is 0 Å². The van der Waals surface area contributed by atoms with Crippen molar-refractivity contribution in [1.29, 1.82) is 0 Å². The van der Waals surface area contributed by atoms with Gasteiger partial charge in [-0.2, -0.15) is 0 Å². The molecule has 0 amide bonds. The molecule has 1 heterocycles. The molecular weight excluding hydrogens is 208 g/mol. The molecule has 0 aromatic heterocycles. The van der Waals surface area contributed by atoms with E-state index in [0.29, 0.717) is 13.2 Å². The molecule has 1 aliphatic rings. The normalized spacial score (nSPS) is 19.8. The maximum Gasteiger partial charge on any atom is 0.303 e. The Hall–Kier alpha value is -0.610. The average Bonchev–Trinajstić information content (AvgIpc) is 2.17. The van der Waals surface area contributed by atoms with Gasteiger partial charge in [0.2, 0.25) is 0 Å². The predicted octanol–water partition coefficient (Wildman–Crippen LogP) is 2.28. The minimum atomic E-state index is -0.783. The van der Waals surface area contributed by atoms with E-state index in [1.807, 2.05) is 27.7 Å². The highest BCUT2D eigenvalue weighted by atomic mass is 16.7. The zero-order valence-electron chi connectivity index (χ0n) is 10.6. The molecule has 94 valence electrons. The molecule has 4 heteroatoms. The number of carboxylic acids is 1. The van der Waals surface area contributed by atoms with Gasteiger partial charge in [0, 0.05) is 5.41 Å². The van der Waals surface area contributed by atoms with E-state index in [1.54, 1.807) is 0 Å². The summed E-state index contributed by atoms with van der Waals surface area (Å²) in [6.07, 6.45) is 0.713. The van der Waals surface area contributed by atoms with E-state index in [0.717, 1.165) is 6.42 Å². The molecule has 1 fully saturated rings. The maximum absolute atomic E-state index is 10.9. The Labute approximate surface area is 96.9 Å². The molecule has 0 aliphatic carbocycles. The van der Waals surface area contributed by atoms with Crippen LogP contribution in [0.25, 0.3) is 0 Å². The summed E-state index contributed by atoms with van der Waals surface area (Å²) in [5.74, 6) is -0.783. The van der Waals surface area contributed by atoms with Gasteiger partial charge in [-0.15, -0.1) is 0 Å². The SMILES string of the molecule is CC(C)(CC(=O)O)C(C)(C)C1OCCCO1. The number of carboxylic acid groups (broad SMARTS) is 1. The van der Waals surface area contributed by atoms with Gasteiger partial charge in [0.05, 0.1) is 19.6 Å². The first-order chi connectivity index (χ1) is 7.27. The lowest BCUT2D eigenvalue weighted by Gasteiger charge is -2.46. The molecule has 16 heavy (non-hydrogen) atoms. The Kier molecular flexibility index (Phi) is 3.97. The van der Waals surface area contributed by atoms with Crippen LogP contribution in [0.1, 0.15) is 40.5 Å². The van der Waals surface area contributed by atoms with Crippen LogP contribution in [0.15, 0.2) is 0 Å². The first kappa shape index (κ1) is 13.5. The molecule has 0 spiro atoms. The summed E-state index contributed by atoms with van der Waals surface area (Å²) in [5, 5.41) is 8.93. The second-order valence-electron chi connectivity index (χ2n) is 5.60. The van der Waals surface area contributed by atoms with E-state index in [9.17, 15) is 4.79 Å². The van der Waals surface area contributed by atoms with E-state index in [4.69, 9.17) is 14.6 Å². The fraction of sp³-hybridized carbons (Fsp3) is 0.917. The molecule has 1 saturated heterocycles. The van der Waals surface area contributed by atoms with Crippen molar-refractivity contribution in [2.24, 2.45) is 10.8 Å². The van der Waals surface area contributed by atoms with Crippen LogP contribution < -0.4 is 0 Å². The zero-order chi connectivity index (χ0) is 12.4. The van der Waals surface area contributed by atoms with Crippen molar-refractivity contribution in [3.8, 4) is 0 Å². The molecule has 0 aromatic rings. The number of aliphatic carboxylic acids is 1. The summed E-state index contributed by atoms with van der Waals surface area (Å²) in [7, 11) is 0. The second-order valence-corrected chi connectivity index (χ2v) is 5.60. The van der Waals surface area contributed by atoms with Gasteiger partial charge >= 0.3 is 5.97 Å². The Morgan fingerprint density at radius 3 is 2.19 bits per heavy atom. The summed E-state index contributed by atoms with van der Waals surface area (Å²) in [5.41, 5.74) is -0.702. The molecule has 0 saturated carbocycles. The summed E-state index contributed by atoms with van der Waals surface area (Å²) < 4.78 is 11.2. The minimum Gasteiger partial charge on any atom is -0.481 e. The minimum absolute atomic E-state index is 0.114. The van der Waals surface area contributed by atoms with E-state index in [2.05, 4.69) is 0 Å². The van der Waals surface area contributed by atoms with Crippen LogP contribution in [0.2, 0.25) is 0 Å². The smallest absolute Gasteiger partial charge is 0.303 e. The Morgan fingerprint density at radius 1 is 1.25 bits per heavy atom. The largest absolute Gasteiger partial charge is 0.481 e. The highest BCUT2D eigenvalue weighted by Gasteiger charge is 2.46. The van der Waals surface area contributed by atoms with Crippen molar-refractivity contribution in [3.63, 3.8) is 0 Å². The molecule has 1 rings (SSSR count). The summed E-state index contributed by atoms with van der Waals surface area (Å²) in [6.45, 7) is 9.29. The molecule has 1 N–H and O–H groups in total. The van der Waals surface area contributed by atoms with Crippen LogP contribution in [0.3, 0.4) is 0 Å². The molecular formula is C12H22O4. The number of hydrogen-bond donors (Lipinski definition) is 1. The highest BCUT2D eigenvalue weighted by molar-refractivity contribution is 5.67. The van der Waals surface area contributed by atoms with Gasteiger partial charge < -0.3 is 14.6 Å².